The molecule has 0 radical (unpaired) electrons. The van der Waals surface area contributed by atoms with Crippen LogP contribution in [0.15, 0.2) is 48.6 Å². The van der Waals surface area contributed by atoms with Crippen molar-refractivity contribution < 1.29 is 39.2 Å². The number of aliphatic hydroxyl groups excluding tert-OH is 2. The van der Waals surface area contributed by atoms with Crippen molar-refractivity contribution in [2.45, 2.75) is 140 Å². The summed E-state index contributed by atoms with van der Waals surface area (Å²) in [6.45, 7) is 3.75. The molecule has 0 spiro atoms. The zero-order valence-electron chi connectivity index (χ0n) is 28.2. The number of ether oxygens (including phenoxy) is 2. The third-order valence-electron chi connectivity index (χ3n) is 7.06. The molecule has 0 rings (SSSR count). The van der Waals surface area contributed by atoms with Crippen molar-refractivity contribution in [2.75, 3.05) is 19.0 Å². The molecule has 0 aromatic heterocycles. The number of carbonyl (C=O) groups is 3. The summed E-state index contributed by atoms with van der Waals surface area (Å²) in [7, 11) is 0. The summed E-state index contributed by atoms with van der Waals surface area (Å²) < 4.78 is 10.2. The molecule has 9 nitrogen and oxygen atoms in total. The Balaban J connectivity index is 4.59. The van der Waals surface area contributed by atoms with Crippen LogP contribution in [-0.2, 0) is 23.9 Å². The minimum atomic E-state index is -1.16. The number of hydrogen-bond donors (Lipinski definition) is 4. The Labute approximate surface area is 281 Å². The topological polar surface area (TPSA) is 156 Å². The quantitative estimate of drug-likeness (QED) is 0.0278. The molecule has 0 aromatic rings. The molecule has 0 unspecified atom stereocenters. The summed E-state index contributed by atoms with van der Waals surface area (Å²) in [5.74, 6) is -1.88. The fourth-order valence-corrected chi connectivity index (χ4v) is 5.42. The Kier molecular flexibility index (Phi) is 29.6. The number of carboxylic acids is 1. The zero-order chi connectivity index (χ0) is 34.3. The summed E-state index contributed by atoms with van der Waals surface area (Å²) in [6.07, 6.45) is 27.9. The average molecular weight is 668 g/mol. The van der Waals surface area contributed by atoms with Crippen LogP contribution in [0.4, 0.5) is 0 Å². The van der Waals surface area contributed by atoms with Gasteiger partial charge in [0.15, 0.2) is 0 Å². The molecule has 0 saturated carbocycles. The minimum absolute atomic E-state index is 0.0431. The molecule has 0 aliphatic heterocycles. The predicted octanol–water partition coefficient (Wildman–Crippen LogP) is 6.81. The summed E-state index contributed by atoms with van der Waals surface area (Å²) in [5.41, 5.74) is 6.01. The number of rotatable bonds is 30. The van der Waals surface area contributed by atoms with E-state index in [4.69, 9.17) is 20.3 Å². The number of carboxylic acid groups (broad SMARTS) is 1. The Morgan fingerprint density at radius 3 is 2.13 bits per heavy atom. The molecule has 0 saturated heterocycles. The second-order valence-electron chi connectivity index (χ2n) is 11.5. The van der Waals surface area contributed by atoms with Crippen LogP contribution in [0.3, 0.4) is 0 Å². The molecule has 0 aliphatic carbocycles. The smallest absolute Gasteiger partial charge is 0.323 e. The number of hydrogen-bond acceptors (Lipinski definition) is 9. The highest BCUT2D eigenvalue weighted by Gasteiger charge is 2.22. The van der Waals surface area contributed by atoms with Gasteiger partial charge in [0.1, 0.15) is 25.4 Å². The lowest BCUT2D eigenvalue weighted by Crippen LogP contribution is -2.38. The van der Waals surface area contributed by atoms with E-state index < -0.39 is 35.4 Å². The first-order valence-electron chi connectivity index (χ1n) is 17.1. The zero-order valence-corrected chi connectivity index (χ0v) is 29.0. The molecule has 0 amide bonds. The van der Waals surface area contributed by atoms with Crippen molar-refractivity contribution >= 4 is 29.7 Å². The van der Waals surface area contributed by atoms with E-state index in [9.17, 15) is 24.6 Å². The second kappa shape index (κ2) is 31.2. The number of esters is 2. The number of carbonyl (C=O) groups excluding carboxylic acids is 2. The van der Waals surface area contributed by atoms with E-state index in [0.29, 0.717) is 12.8 Å². The van der Waals surface area contributed by atoms with Crippen molar-refractivity contribution in [3.05, 3.63) is 48.6 Å². The molecule has 0 heterocycles. The molecule has 0 aromatic carbocycles. The number of aliphatic hydroxyl groups is 2. The van der Waals surface area contributed by atoms with Gasteiger partial charge in [-0.2, -0.15) is 0 Å². The number of allylic oxidation sites excluding steroid dienone is 7. The average Bonchev–Trinajstić information content (AvgIpc) is 3.03. The number of aliphatic carboxylic acids is 1. The Morgan fingerprint density at radius 1 is 0.761 bits per heavy atom. The lowest BCUT2D eigenvalue weighted by Gasteiger charge is -2.21. The van der Waals surface area contributed by atoms with Gasteiger partial charge in [0.2, 0.25) is 0 Å². The van der Waals surface area contributed by atoms with E-state index in [-0.39, 0.29) is 37.8 Å². The Bertz CT molecular complexity index is 904. The number of nitrogens with two attached hydrogens (primary N) is 1. The van der Waals surface area contributed by atoms with Gasteiger partial charge in [-0.15, -0.1) is 11.8 Å². The first-order valence-corrected chi connectivity index (χ1v) is 18.2. The van der Waals surface area contributed by atoms with Gasteiger partial charge in [0, 0.05) is 23.8 Å². The largest absolute Gasteiger partial charge is 0.481 e. The highest BCUT2D eigenvalue weighted by molar-refractivity contribution is 8.00. The molecule has 0 aliphatic rings. The summed E-state index contributed by atoms with van der Waals surface area (Å²) >= 11 is 1.27. The van der Waals surface area contributed by atoms with Gasteiger partial charge in [-0.3, -0.25) is 14.4 Å². The highest BCUT2D eigenvalue weighted by Crippen LogP contribution is 2.21. The van der Waals surface area contributed by atoms with E-state index in [2.05, 4.69) is 32.1 Å². The van der Waals surface area contributed by atoms with Crippen molar-refractivity contribution in [3.8, 4) is 0 Å². The van der Waals surface area contributed by atoms with Gasteiger partial charge in [0.05, 0.1) is 6.10 Å². The van der Waals surface area contributed by atoms with E-state index in [1.807, 2.05) is 18.2 Å². The lowest BCUT2D eigenvalue weighted by atomic mass is 10.1. The molecular weight excluding hydrogens is 606 g/mol. The first kappa shape index (κ1) is 43.6. The van der Waals surface area contributed by atoms with E-state index in [0.717, 1.165) is 32.1 Å². The summed E-state index contributed by atoms with van der Waals surface area (Å²) in [6, 6.07) is -1.01. The van der Waals surface area contributed by atoms with E-state index >= 15 is 0 Å². The van der Waals surface area contributed by atoms with Crippen LogP contribution in [0.2, 0.25) is 0 Å². The van der Waals surface area contributed by atoms with E-state index in [1.165, 1.54) is 56.7 Å². The highest BCUT2D eigenvalue weighted by atomic mass is 32.2. The maximum Gasteiger partial charge on any atom is 0.323 e. The molecule has 0 fully saturated rings. The van der Waals surface area contributed by atoms with Crippen molar-refractivity contribution in [2.24, 2.45) is 5.73 Å². The fourth-order valence-electron chi connectivity index (χ4n) is 4.29. The third-order valence-corrected chi connectivity index (χ3v) is 8.47. The standard InChI is InChI=1S/C36H61NO8S/c1-3-5-7-9-11-12-13-14-15-17-18-20-24-33(32(39)23-22-25-34(40)41)46-29-31(37)36(43)45-28-30(38)27-44-35(42)26-21-19-16-10-8-6-4-2/h11-12,14-15,17-18,20,24,30-33,38-39H,3-10,13,16,19,21-23,25-29,37H2,1-2H3,(H,40,41)/b12-11-,15-14-,18-17+,24-20+/t30-,31+,32+,33-/m1/s1. The molecular formula is C36H61NO8S. The normalized spacial score (nSPS) is 14.7. The fraction of sp³-hybridized carbons (Fsp3) is 0.694. The van der Waals surface area contributed by atoms with Gasteiger partial charge in [0.25, 0.3) is 0 Å². The van der Waals surface area contributed by atoms with Crippen molar-refractivity contribution in [1.29, 1.82) is 0 Å². The molecule has 264 valence electrons. The van der Waals surface area contributed by atoms with Gasteiger partial charge < -0.3 is 30.5 Å². The minimum Gasteiger partial charge on any atom is -0.481 e. The SMILES string of the molecule is CCCCC/C=C\C\C=C/C=C/C=C/[C@@H](SC[C@H](N)C(=O)OC[C@H](O)COC(=O)CCCCCCCCC)[C@@H](O)CCCC(=O)O. The van der Waals surface area contributed by atoms with Crippen LogP contribution < -0.4 is 5.73 Å². The van der Waals surface area contributed by atoms with E-state index in [1.54, 1.807) is 12.2 Å². The summed E-state index contributed by atoms with van der Waals surface area (Å²) in [4.78, 5) is 35.2. The Hall–Kier alpha value is -2.40. The van der Waals surface area contributed by atoms with Gasteiger partial charge in [-0.1, -0.05) is 114 Å². The van der Waals surface area contributed by atoms with Crippen LogP contribution in [-0.4, -0.2) is 75.7 Å². The number of unbranched alkanes of at least 4 members (excludes halogenated alkanes) is 9. The van der Waals surface area contributed by atoms with Gasteiger partial charge in [-0.05, 0) is 38.5 Å². The first-order chi connectivity index (χ1) is 22.2. The molecule has 46 heavy (non-hydrogen) atoms. The third kappa shape index (κ3) is 27.9. The van der Waals surface area contributed by atoms with Crippen molar-refractivity contribution in [1.82, 2.24) is 0 Å². The maximum atomic E-state index is 12.4. The van der Waals surface area contributed by atoms with Crippen LogP contribution in [0.5, 0.6) is 0 Å². The Morgan fingerprint density at radius 2 is 1.41 bits per heavy atom. The predicted molar refractivity (Wildman–Crippen MR) is 188 cm³/mol. The van der Waals surface area contributed by atoms with Gasteiger partial charge >= 0.3 is 17.9 Å². The molecule has 5 N–H and O–H groups in total. The monoisotopic (exact) mass is 667 g/mol. The molecule has 10 heteroatoms. The number of thioether (sulfide) groups is 1. The van der Waals surface area contributed by atoms with Crippen LogP contribution in [0.1, 0.15) is 117 Å². The molecule has 0 bridgehead atoms. The van der Waals surface area contributed by atoms with Crippen LogP contribution in [0.25, 0.3) is 0 Å². The van der Waals surface area contributed by atoms with Crippen molar-refractivity contribution in [3.63, 3.8) is 0 Å². The van der Waals surface area contributed by atoms with Crippen LogP contribution in [0, 0.1) is 0 Å². The summed E-state index contributed by atoms with van der Waals surface area (Å²) in [5, 5.41) is 29.3. The van der Waals surface area contributed by atoms with Crippen LogP contribution >= 0.6 is 11.8 Å². The maximum absolute atomic E-state index is 12.4. The lowest BCUT2D eigenvalue weighted by molar-refractivity contribution is -0.153. The second-order valence-corrected chi connectivity index (χ2v) is 12.7. The van der Waals surface area contributed by atoms with Gasteiger partial charge in [-0.25, -0.2) is 0 Å². The molecule has 4 atom stereocenters.